The van der Waals surface area contributed by atoms with Gasteiger partial charge in [0.25, 0.3) is 0 Å². The Morgan fingerprint density at radius 2 is 1.10 bits per heavy atom. The van der Waals surface area contributed by atoms with Crippen molar-refractivity contribution in [2.75, 3.05) is 13.7 Å². The average Bonchev–Trinajstić information content (AvgIpc) is 3.72. The maximum Gasteiger partial charge on any atom is 0.408 e. The van der Waals surface area contributed by atoms with Crippen LogP contribution in [0, 0.1) is 0 Å². The number of carbonyl (C=O) groups excluding carboxylic acids is 5. The largest absolute Gasteiger partial charge is 0.489 e. The molecule has 14 nitrogen and oxygen atoms in total. The molecule has 0 bridgehead atoms. The third kappa shape index (κ3) is 13.8. The van der Waals surface area contributed by atoms with E-state index in [-0.39, 0.29) is 32.7 Å². The quantitative estimate of drug-likeness (QED) is 0.0568. The second-order valence-corrected chi connectivity index (χ2v) is 14.8. The van der Waals surface area contributed by atoms with Crippen molar-refractivity contribution in [1.82, 2.24) is 26.3 Å². The molecule has 0 fully saturated rings. The summed E-state index contributed by atoms with van der Waals surface area (Å²) in [5, 5.41) is 11.7. The lowest BCUT2D eigenvalue weighted by Crippen LogP contribution is -2.59. The lowest BCUT2D eigenvalue weighted by Gasteiger charge is -2.26. The van der Waals surface area contributed by atoms with E-state index in [1.165, 1.54) is 14.0 Å². The van der Waals surface area contributed by atoms with Crippen LogP contribution in [0.25, 0.3) is 10.9 Å². The molecule has 6 rings (SSSR count). The van der Waals surface area contributed by atoms with Gasteiger partial charge in [-0.2, -0.15) is 0 Å². The molecule has 0 saturated carbocycles. The van der Waals surface area contributed by atoms with Crippen LogP contribution in [0.15, 0.2) is 146 Å². The minimum Gasteiger partial charge on any atom is -0.489 e. The van der Waals surface area contributed by atoms with E-state index in [4.69, 9.17) is 18.9 Å². The standard InChI is InChI=1S/C49H51N5O9/c1-33(48(58)60-2)51-47(57)44(32-61-29-35-14-6-3-7-15-35)53-45(55)42(26-34-22-24-39(25-23-34)62-30-36-16-8-4-9-17-36)52-46(56)43(27-38-28-50-41-21-13-12-20-40(38)41)54-49(59)63-31-37-18-10-5-11-19-37/h3-25,28,33,42-44,50H,26-27,29-32H2,1-2H3,(H,51,57)(H,52,56)(H,53,55)(H,54,59)/t33-,42-,43+,44+/m1/s1. The summed E-state index contributed by atoms with van der Waals surface area (Å²) in [5.74, 6) is -2.20. The van der Waals surface area contributed by atoms with Crippen LogP contribution in [0.5, 0.6) is 5.75 Å². The number of esters is 1. The smallest absolute Gasteiger partial charge is 0.408 e. The predicted octanol–water partition coefficient (Wildman–Crippen LogP) is 5.69. The number of nitrogens with one attached hydrogen (secondary N) is 5. The Hall–Kier alpha value is -7.45. The fourth-order valence-corrected chi connectivity index (χ4v) is 6.69. The van der Waals surface area contributed by atoms with Gasteiger partial charge >= 0.3 is 12.1 Å². The SMILES string of the molecule is COC(=O)[C@@H](C)NC(=O)[C@H](COCc1ccccc1)NC(=O)[C@@H](Cc1ccc(OCc2ccccc2)cc1)NC(=O)[C@H](Cc1c[nH]c2ccccc12)NC(=O)OCc1ccccc1. The molecule has 4 atom stereocenters. The van der Waals surface area contributed by atoms with Crippen molar-refractivity contribution in [3.8, 4) is 5.75 Å². The van der Waals surface area contributed by atoms with Crippen LogP contribution in [0.4, 0.5) is 4.79 Å². The maximum absolute atomic E-state index is 14.4. The van der Waals surface area contributed by atoms with E-state index in [9.17, 15) is 24.0 Å². The van der Waals surface area contributed by atoms with Crippen molar-refractivity contribution in [2.24, 2.45) is 0 Å². The van der Waals surface area contributed by atoms with Crippen molar-refractivity contribution in [1.29, 1.82) is 0 Å². The van der Waals surface area contributed by atoms with Gasteiger partial charge in [-0.05, 0) is 52.9 Å². The predicted molar refractivity (Wildman–Crippen MR) is 236 cm³/mol. The highest BCUT2D eigenvalue weighted by Crippen LogP contribution is 2.20. The van der Waals surface area contributed by atoms with E-state index in [0.29, 0.717) is 17.9 Å². The first-order valence-corrected chi connectivity index (χ1v) is 20.5. The van der Waals surface area contributed by atoms with Crippen LogP contribution >= 0.6 is 0 Å². The Balaban J connectivity index is 1.24. The van der Waals surface area contributed by atoms with Gasteiger partial charge in [0, 0.05) is 29.9 Å². The van der Waals surface area contributed by atoms with Crippen molar-refractivity contribution >= 4 is 40.7 Å². The number of hydrogen-bond donors (Lipinski definition) is 5. The molecule has 14 heteroatoms. The van der Waals surface area contributed by atoms with Gasteiger partial charge in [0.1, 0.15) is 43.1 Å². The molecule has 0 saturated heterocycles. The minimum atomic E-state index is -1.30. The molecule has 0 aliphatic heterocycles. The van der Waals surface area contributed by atoms with Gasteiger partial charge in [-0.1, -0.05) is 121 Å². The number of benzene rings is 5. The molecule has 0 unspecified atom stereocenters. The van der Waals surface area contributed by atoms with Crippen molar-refractivity contribution in [3.63, 3.8) is 0 Å². The molecule has 6 aromatic rings. The van der Waals surface area contributed by atoms with E-state index in [2.05, 4.69) is 26.3 Å². The number of para-hydroxylation sites is 1. The summed E-state index contributed by atoms with van der Waals surface area (Å²) < 4.78 is 22.2. The van der Waals surface area contributed by atoms with E-state index < -0.39 is 54.0 Å². The van der Waals surface area contributed by atoms with Crippen molar-refractivity contribution in [2.45, 2.75) is 63.8 Å². The number of methoxy groups -OCH3 is 1. The van der Waals surface area contributed by atoms with Gasteiger partial charge in [-0.3, -0.25) is 14.4 Å². The zero-order chi connectivity index (χ0) is 44.4. The molecule has 1 aromatic heterocycles. The monoisotopic (exact) mass is 853 g/mol. The average molecular weight is 854 g/mol. The van der Waals surface area contributed by atoms with Crippen LogP contribution in [-0.4, -0.2) is 72.7 Å². The number of aromatic amines is 1. The van der Waals surface area contributed by atoms with E-state index in [1.54, 1.807) is 30.5 Å². The lowest BCUT2D eigenvalue weighted by molar-refractivity contribution is -0.145. The second kappa shape index (κ2) is 23.0. The van der Waals surface area contributed by atoms with Gasteiger partial charge in [0.05, 0.1) is 20.3 Å². The van der Waals surface area contributed by atoms with Crippen molar-refractivity contribution in [3.05, 3.63) is 174 Å². The number of carbonyl (C=O) groups is 5. The Morgan fingerprint density at radius 3 is 1.73 bits per heavy atom. The number of ether oxygens (including phenoxy) is 4. The topological polar surface area (TPSA) is 186 Å². The molecule has 0 radical (unpaired) electrons. The Labute approximate surface area is 365 Å². The molecule has 1 heterocycles. The molecule has 5 N–H and O–H groups in total. The molecular formula is C49H51N5O9. The lowest BCUT2D eigenvalue weighted by atomic mass is 10.0. The highest BCUT2D eigenvalue weighted by atomic mass is 16.5. The third-order valence-corrected chi connectivity index (χ3v) is 10.1. The molecular weight excluding hydrogens is 803 g/mol. The van der Waals surface area contributed by atoms with Gasteiger partial charge < -0.3 is 45.2 Å². The molecule has 0 spiro atoms. The first kappa shape index (κ1) is 45.1. The summed E-state index contributed by atoms with van der Waals surface area (Å²) in [4.78, 5) is 71.3. The van der Waals surface area contributed by atoms with Gasteiger partial charge in [-0.25, -0.2) is 9.59 Å². The number of hydrogen-bond acceptors (Lipinski definition) is 9. The molecule has 0 aliphatic carbocycles. The Morgan fingerprint density at radius 1 is 0.556 bits per heavy atom. The first-order chi connectivity index (χ1) is 30.6. The fourth-order valence-electron chi connectivity index (χ4n) is 6.69. The molecule has 63 heavy (non-hydrogen) atoms. The molecule has 4 amide bonds. The Bertz CT molecular complexity index is 2410. The summed E-state index contributed by atoms with van der Waals surface area (Å²) in [7, 11) is 1.20. The summed E-state index contributed by atoms with van der Waals surface area (Å²) in [6.07, 6.45) is 0.952. The van der Waals surface area contributed by atoms with Gasteiger partial charge in [0.2, 0.25) is 17.7 Å². The number of amides is 4. The first-order valence-electron chi connectivity index (χ1n) is 20.5. The number of H-pyrrole nitrogens is 1. The normalized spacial score (nSPS) is 12.8. The zero-order valence-electron chi connectivity index (χ0n) is 35.1. The summed E-state index contributed by atoms with van der Waals surface area (Å²) in [6.45, 7) is 1.63. The zero-order valence-corrected chi connectivity index (χ0v) is 35.1. The number of fused-ring (bicyclic) bond motifs is 1. The van der Waals surface area contributed by atoms with Crippen LogP contribution in [0.2, 0.25) is 0 Å². The molecule has 5 aromatic carbocycles. The fraction of sp³-hybridized carbons (Fsp3) is 0.245. The van der Waals surface area contributed by atoms with Gasteiger partial charge in [-0.15, -0.1) is 0 Å². The van der Waals surface area contributed by atoms with Crippen LogP contribution in [0.1, 0.15) is 34.7 Å². The van der Waals surface area contributed by atoms with E-state index in [0.717, 1.165) is 33.2 Å². The van der Waals surface area contributed by atoms with Crippen LogP contribution in [0.3, 0.4) is 0 Å². The number of aromatic nitrogens is 1. The minimum absolute atomic E-state index is 0.0213. The maximum atomic E-state index is 14.4. The summed E-state index contributed by atoms with van der Waals surface area (Å²) in [5.41, 5.74) is 4.83. The summed E-state index contributed by atoms with van der Waals surface area (Å²) in [6, 6.07) is 37.9. The van der Waals surface area contributed by atoms with Crippen LogP contribution in [-0.2, 0) is 66.1 Å². The van der Waals surface area contributed by atoms with Crippen LogP contribution < -0.4 is 26.0 Å². The number of rotatable bonds is 21. The summed E-state index contributed by atoms with van der Waals surface area (Å²) >= 11 is 0. The molecule has 326 valence electrons. The molecule has 0 aliphatic rings. The second-order valence-electron chi connectivity index (χ2n) is 14.8. The van der Waals surface area contributed by atoms with E-state index in [1.807, 2.05) is 115 Å². The third-order valence-electron chi connectivity index (χ3n) is 10.1. The number of alkyl carbamates (subject to hydrolysis) is 1. The van der Waals surface area contributed by atoms with Gasteiger partial charge in [0.15, 0.2) is 0 Å². The Kier molecular flexibility index (Phi) is 16.4. The van der Waals surface area contributed by atoms with E-state index >= 15 is 0 Å². The van der Waals surface area contributed by atoms with Crippen molar-refractivity contribution < 1.29 is 42.9 Å². The highest BCUT2D eigenvalue weighted by Gasteiger charge is 2.32. The highest BCUT2D eigenvalue weighted by molar-refractivity contribution is 5.95.